The fourth-order valence-electron chi connectivity index (χ4n) is 3.98. The fourth-order valence-corrected chi connectivity index (χ4v) is 3.98. The first-order valence-corrected chi connectivity index (χ1v) is 8.54. The van der Waals surface area contributed by atoms with E-state index in [2.05, 4.69) is 62.9 Å². The van der Waals surface area contributed by atoms with Crippen molar-refractivity contribution >= 4 is 0 Å². The predicted molar refractivity (Wildman–Crippen MR) is 90.3 cm³/mol. The van der Waals surface area contributed by atoms with Crippen LogP contribution in [0.2, 0.25) is 0 Å². The van der Waals surface area contributed by atoms with Gasteiger partial charge in [0.25, 0.3) is 0 Å². The lowest BCUT2D eigenvalue weighted by molar-refractivity contribution is 0.256. The van der Waals surface area contributed by atoms with Crippen LogP contribution < -0.4 is 0 Å². The highest BCUT2D eigenvalue weighted by Gasteiger charge is 2.28. The maximum absolute atomic E-state index is 4.55. The molecular formula is C18H25N5. The Balaban J connectivity index is 1.46. The van der Waals surface area contributed by atoms with Crippen LogP contribution >= 0.6 is 0 Å². The minimum absolute atomic E-state index is 0.428. The molecule has 1 saturated heterocycles. The number of likely N-dealkylation sites (tertiary alicyclic amines) is 1. The first kappa shape index (κ1) is 14.8. The highest BCUT2D eigenvalue weighted by atomic mass is 15.4. The third kappa shape index (κ3) is 2.91. The van der Waals surface area contributed by atoms with E-state index in [9.17, 15) is 0 Å². The molecule has 0 N–H and O–H groups in total. The molecule has 0 radical (unpaired) electrons. The second-order valence-electron chi connectivity index (χ2n) is 7.09. The van der Waals surface area contributed by atoms with Crippen LogP contribution in [-0.2, 0) is 19.4 Å². The third-order valence-electron chi connectivity index (χ3n) is 5.37. The Kier molecular flexibility index (Phi) is 3.91. The Morgan fingerprint density at radius 3 is 2.57 bits per heavy atom. The molecule has 1 aromatic heterocycles. The Labute approximate surface area is 137 Å². The highest BCUT2D eigenvalue weighted by molar-refractivity contribution is 5.32. The van der Waals surface area contributed by atoms with Gasteiger partial charge in [0.1, 0.15) is 12.2 Å². The molecule has 2 aliphatic rings. The fraction of sp³-hybridized carbons (Fsp3) is 0.556. The lowest BCUT2D eigenvalue weighted by atomic mass is 10.1. The Morgan fingerprint density at radius 1 is 1.17 bits per heavy atom. The number of rotatable bonds is 4. The molecule has 0 bridgehead atoms. The molecule has 1 aliphatic heterocycles. The number of hydrogen-bond donors (Lipinski definition) is 0. The Morgan fingerprint density at radius 2 is 1.91 bits per heavy atom. The summed E-state index contributed by atoms with van der Waals surface area (Å²) in [6, 6.07) is 9.85. The summed E-state index contributed by atoms with van der Waals surface area (Å²) in [6.07, 6.45) is 5.12. The zero-order valence-corrected chi connectivity index (χ0v) is 14.0. The molecule has 5 heteroatoms. The molecule has 1 aliphatic carbocycles. The zero-order chi connectivity index (χ0) is 15.8. The highest BCUT2D eigenvalue weighted by Crippen LogP contribution is 2.30. The van der Waals surface area contributed by atoms with Gasteiger partial charge in [-0.05, 0) is 44.5 Å². The predicted octanol–water partition coefficient (Wildman–Crippen LogP) is 1.75. The van der Waals surface area contributed by atoms with Crippen molar-refractivity contribution in [2.45, 2.75) is 37.9 Å². The van der Waals surface area contributed by atoms with Crippen LogP contribution in [0.3, 0.4) is 0 Å². The maximum Gasteiger partial charge on any atom is 0.141 e. The van der Waals surface area contributed by atoms with E-state index in [1.807, 2.05) is 0 Å². The van der Waals surface area contributed by atoms with Crippen molar-refractivity contribution < 1.29 is 0 Å². The SMILES string of the molecule is CN(C)[C@@H]1CCN(Cc2ncnn2C2Cc3ccccc3C2)C1. The monoisotopic (exact) mass is 311 g/mol. The summed E-state index contributed by atoms with van der Waals surface area (Å²) in [5.41, 5.74) is 2.93. The maximum atomic E-state index is 4.55. The first-order valence-electron chi connectivity index (χ1n) is 8.54. The summed E-state index contributed by atoms with van der Waals surface area (Å²) in [4.78, 5) is 9.39. The van der Waals surface area contributed by atoms with E-state index in [-0.39, 0.29) is 0 Å². The average molecular weight is 311 g/mol. The quantitative estimate of drug-likeness (QED) is 0.862. The van der Waals surface area contributed by atoms with E-state index in [0.717, 1.165) is 38.3 Å². The third-order valence-corrected chi connectivity index (χ3v) is 5.37. The Hall–Kier alpha value is -1.72. The molecule has 0 unspecified atom stereocenters. The minimum atomic E-state index is 0.428. The molecular weight excluding hydrogens is 286 g/mol. The molecule has 23 heavy (non-hydrogen) atoms. The van der Waals surface area contributed by atoms with E-state index < -0.39 is 0 Å². The summed E-state index contributed by atoms with van der Waals surface area (Å²) in [7, 11) is 4.35. The Bertz CT molecular complexity index is 653. The molecule has 4 rings (SSSR count). The molecule has 0 spiro atoms. The molecule has 1 atom stereocenters. The van der Waals surface area contributed by atoms with Gasteiger partial charge in [-0.15, -0.1) is 0 Å². The number of nitrogens with zero attached hydrogens (tertiary/aromatic N) is 5. The van der Waals surface area contributed by atoms with Gasteiger partial charge < -0.3 is 4.90 Å². The summed E-state index contributed by atoms with van der Waals surface area (Å²) < 4.78 is 2.17. The van der Waals surface area contributed by atoms with Gasteiger partial charge in [-0.3, -0.25) is 4.90 Å². The summed E-state index contributed by atoms with van der Waals surface area (Å²) >= 11 is 0. The molecule has 0 amide bonds. The van der Waals surface area contributed by atoms with Crippen molar-refractivity contribution in [3.05, 3.63) is 47.5 Å². The van der Waals surface area contributed by atoms with Crippen molar-refractivity contribution in [2.75, 3.05) is 27.2 Å². The van der Waals surface area contributed by atoms with Crippen LogP contribution in [0, 0.1) is 0 Å². The number of hydrogen-bond acceptors (Lipinski definition) is 4. The van der Waals surface area contributed by atoms with Gasteiger partial charge in [-0.1, -0.05) is 24.3 Å². The topological polar surface area (TPSA) is 37.2 Å². The van der Waals surface area contributed by atoms with Gasteiger partial charge in [0, 0.05) is 19.1 Å². The number of benzene rings is 1. The van der Waals surface area contributed by atoms with Crippen LogP contribution in [0.25, 0.3) is 0 Å². The van der Waals surface area contributed by atoms with Crippen LogP contribution in [0.4, 0.5) is 0 Å². The lowest BCUT2D eigenvalue weighted by Crippen LogP contribution is -2.32. The van der Waals surface area contributed by atoms with E-state index in [1.165, 1.54) is 17.5 Å². The molecule has 2 heterocycles. The van der Waals surface area contributed by atoms with Crippen molar-refractivity contribution in [2.24, 2.45) is 0 Å². The largest absolute Gasteiger partial charge is 0.305 e. The van der Waals surface area contributed by atoms with Gasteiger partial charge in [0.05, 0.1) is 12.6 Å². The van der Waals surface area contributed by atoms with Gasteiger partial charge in [0.15, 0.2) is 0 Å². The number of fused-ring (bicyclic) bond motifs is 1. The van der Waals surface area contributed by atoms with Crippen LogP contribution in [-0.4, -0.2) is 57.8 Å². The molecule has 5 nitrogen and oxygen atoms in total. The molecule has 0 saturated carbocycles. The molecule has 1 aromatic carbocycles. The van der Waals surface area contributed by atoms with E-state index in [1.54, 1.807) is 6.33 Å². The first-order chi connectivity index (χ1) is 11.2. The number of aromatic nitrogens is 3. The molecule has 1 fully saturated rings. The average Bonchev–Trinajstić information content (AvgIpc) is 3.25. The minimum Gasteiger partial charge on any atom is -0.305 e. The zero-order valence-electron chi connectivity index (χ0n) is 14.0. The second kappa shape index (κ2) is 6.06. The van der Waals surface area contributed by atoms with E-state index >= 15 is 0 Å². The van der Waals surface area contributed by atoms with E-state index in [0.29, 0.717) is 12.1 Å². The number of likely N-dealkylation sites (N-methyl/N-ethyl adjacent to an activating group) is 1. The van der Waals surface area contributed by atoms with Gasteiger partial charge >= 0.3 is 0 Å². The van der Waals surface area contributed by atoms with Crippen LogP contribution in [0.5, 0.6) is 0 Å². The van der Waals surface area contributed by atoms with Crippen LogP contribution in [0.15, 0.2) is 30.6 Å². The summed E-state index contributed by atoms with van der Waals surface area (Å²) in [6.45, 7) is 3.20. The van der Waals surface area contributed by atoms with Gasteiger partial charge in [-0.2, -0.15) is 5.10 Å². The molecule has 2 aromatic rings. The summed E-state index contributed by atoms with van der Waals surface area (Å²) in [5, 5.41) is 4.55. The van der Waals surface area contributed by atoms with Crippen molar-refractivity contribution in [3.63, 3.8) is 0 Å². The smallest absolute Gasteiger partial charge is 0.141 e. The lowest BCUT2D eigenvalue weighted by Gasteiger charge is -2.21. The van der Waals surface area contributed by atoms with Gasteiger partial charge in [-0.25, -0.2) is 9.67 Å². The standard InChI is InChI=1S/C18H25N5/c1-21(2)16-7-8-22(11-16)12-18-19-13-20-23(18)17-9-14-5-3-4-6-15(14)10-17/h3-6,13,16-17H,7-12H2,1-2H3/t16-/m1/s1. The molecule has 122 valence electrons. The normalized spacial score (nSPS) is 22.1. The van der Waals surface area contributed by atoms with Crippen molar-refractivity contribution in [1.29, 1.82) is 0 Å². The van der Waals surface area contributed by atoms with E-state index in [4.69, 9.17) is 0 Å². The van der Waals surface area contributed by atoms with Crippen LogP contribution in [0.1, 0.15) is 29.4 Å². The van der Waals surface area contributed by atoms with Gasteiger partial charge in [0.2, 0.25) is 0 Å². The van der Waals surface area contributed by atoms with Crippen molar-refractivity contribution in [1.82, 2.24) is 24.6 Å². The second-order valence-corrected chi connectivity index (χ2v) is 7.09. The summed E-state index contributed by atoms with van der Waals surface area (Å²) in [5.74, 6) is 1.11. The van der Waals surface area contributed by atoms with Crippen molar-refractivity contribution in [3.8, 4) is 0 Å².